The monoisotopic (exact) mass is 376 g/mol. The number of benzene rings is 1. The number of aliphatic carboxylic acids is 1. The van der Waals surface area contributed by atoms with Gasteiger partial charge in [0.15, 0.2) is 0 Å². The molecule has 2 rings (SSSR count). The lowest BCUT2D eigenvalue weighted by atomic mass is 10.2. The Bertz CT molecular complexity index is 555. The highest BCUT2D eigenvalue weighted by Gasteiger charge is 2.26. The van der Waals surface area contributed by atoms with Gasteiger partial charge in [0.25, 0.3) is 0 Å². The molecule has 0 saturated carbocycles. The molecule has 1 aliphatic heterocycles. The van der Waals surface area contributed by atoms with Crippen molar-refractivity contribution in [3.63, 3.8) is 0 Å². The lowest BCUT2D eigenvalue weighted by Gasteiger charge is -2.32. The molecule has 0 bridgehead atoms. The first kappa shape index (κ1) is 16.1. The molecule has 1 unspecified atom stereocenters. The molecule has 2 amide bonds. The van der Waals surface area contributed by atoms with Gasteiger partial charge in [-0.05, 0) is 34.1 Å². The summed E-state index contributed by atoms with van der Waals surface area (Å²) in [4.78, 5) is 24.4. The maximum atomic E-state index is 12.2. The predicted octanol–water partition coefficient (Wildman–Crippen LogP) is 2.81. The first-order valence-corrected chi connectivity index (χ1v) is 7.47. The number of morpholine rings is 1. The minimum Gasteiger partial charge on any atom is -0.481 e. The summed E-state index contributed by atoms with van der Waals surface area (Å²) >= 11 is 9.24. The maximum absolute atomic E-state index is 12.2. The third kappa shape index (κ3) is 4.59. The number of carboxylic acid groups (broad SMARTS) is 1. The van der Waals surface area contributed by atoms with Gasteiger partial charge in [-0.25, -0.2) is 4.79 Å². The van der Waals surface area contributed by atoms with Crippen LogP contribution < -0.4 is 5.32 Å². The van der Waals surface area contributed by atoms with E-state index in [2.05, 4.69) is 21.2 Å². The molecule has 1 atom stereocenters. The van der Waals surface area contributed by atoms with Crippen molar-refractivity contribution < 1.29 is 19.4 Å². The summed E-state index contributed by atoms with van der Waals surface area (Å²) in [5.41, 5.74) is 0.578. The first-order valence-electron chi connectivity index (χ1n) is 6.30. The Hall–Kier alpha value is -1.31. The number of rotatable bonds is 3. The van der Waals surface area contributed by atoms with E-state index in [1.165, 1.54) is 4.90 Å². The van der Waals surface area contributed by atoms with E-state index in [0.29, 0.717) is 23.9 Å². The van der Waals surface area contributed by atoms with Gasteiger partial charge in [-0.2, -0.15) is 0 Å². The van der Waals surface area contributed by atoms with E-state index in [9.17, 15) is 9.59 Å². The van der Waals surface area contributed by atoms with Crippen molar-refractivity contribution in [2.75, 3.05) is 25.0 Å². The molecule has 1 heterocycles. The minimum atomic E-state index is -0.943. The molecule has 1 aromatic carbocycles. The Balaban J connectivity index is 1.96. The molecule has 1 fully saturated rings. The number of ether oxygens (including phenoxy) is 1. The fraction of sp³-hybridized carbons (Fsp3) is 0.385. The number of nitrogens with one attached hydrogen (secondary N) is 1. The molecule has 0 radical (unpaired) electrons. The average Bonchev–Trinajstić information content (AvgIpc) is 2.42. The molecular weight excluding hydrogens is 364 g/mol. The Morgan fingerprint density at radius 1 is 1.52 bits per heavy atom. The standard InChI is InChI=1S/C13H14BrClN2O4/c14-10-2-1-8(5-11(10)15)16-13(20)17-3-4-21-9(7-17)6-12(18)19/h1-2,5,9H,3-4,6-7H2,(H,16,20)(H,18,19). The lowest BCUT2D eigenvalue weighted by Crippen LogP contribution is -2.47. The van der Waals surface area contributed by atoms with Gasteiger partial charge in [0.05, 0.1) is 24.2 Å². The lowest BCUT2D eigenvalue weighted by molar-refractivity contribution is -0.141. The second-order valence-corrected chi connectivity index (χ2v) is 5.86. The van der Waals surface area contributed by atoms with Crippen LogP contribution in [0.5, 0.6) is 0 Å². The van der Waals surface area contributed by atoms with E-state index < -0.39 is 12.1 Å². The predicted molar refractivity (Wildman–Crippen MR) is 81.7 cm³/mol. The van der Waals surface area contributed by atoms with E-state index in [1.54, 1.807) is 18.2 Å². The summed E-state index contributed by atoms with van der Waals surface area (Å²) in [5, 5.41) is 12.0. The summed E-state index contributed by atoms with van der Waals surface area (Å²) in [7, 11) is 0. The number of halogens is 2. The van der Waals surface area contributed by atoms with Crippen LogP contribution in [0.25, 0.3) is 0 Å². The second-order valence-electron chi connectivity index (χ2n) is 4.60. The average molecular weight is 378 g/mol. The number of urea groups is 1. The first-order chi connectivity index (χ1) is 9.95. The molecular formula is C13H14BrClN2O4. The third-order valence-electron chi connectivity index (χ3n) is 3.00. The Morgan fingerprint density at radius 2 is 2.29 bits per heavy atom. The number of amides is 2. The quantitative estimate of drug-likeness (QED) is 0.849. The highest BCUT2D eigenvalue weighted by Crippen LogP contribution is 2.25. The van der Waals surface area contributed by atoms with Crippen LogP contribution in [0.15, 0.2) is 22.7 Å². The van der Waals surface area contributed by atoms with Gasteiger partial charge in [-0.15, -0.1) is 0 Å². The molecule has 8 heteroatoms. The summed E-state index contributed by atoms with van der Waals surface area (Å²) in [6, 6.07) is 4.80. The normalized spacial score (nSPS) is 18.4. The summed E-state index contributed by atoms with van der Waals surface area (Å²) in [5.74, 6) is -0.943. The van der Waals surface area contributed by atoms with Gasteiger partial charge in [0, 0.05) is 23.2 Å². The molecule has 6 nitrogen and oxygen atoms in total. The largest absolute Gasteiger partial charge is 0.481 e. The SMILES string of the molecule is O=C(O)CC1CN(C(=O)Nc2ccc(Br)c(Cl)c2)CCO1. The van der Waals surface area contributed by atoms with Crippen molar-refractivity contribution in [1.82, 2.24) is 4.90 Å². The van der Waals surface area contributed by atoms with Crippen LogP contribution in [-0.2, 0) is 9.53 Å². The van der Waals surface area contributed by atoms with Crippen molar-refractivity contribution in [2.24, 2.45) is 0 Å². The van der Waals surface area contributed by atoms with Crippen molar-refractivity contribution in [3.05, 3.63) is 27.7 Å². The summed E-state index contributed by atoms with van der Waals surface area (Å²) in [6.45, 7) is 1.00. The molecule has 1 saturated heterocycles. The van der Waals surface area contributed by atoms with Gasteiger partial charge in [-0.1, -0.05) is 11.6 Å². The molecule has 21 heavy (non-hydrogen) atoms. The molecule has 114 valence electrons. The number of hydrogen-bond acceptors (Lipinski definition) is 3. The third-order valence-corrected chi connectivity index (χ3v) is 4.23. The van der Waals surface area contributed by atoms with Crippen molar-refractivity contribution in [1.29, 1.82) is 0 Å². The van der Waals surface area contributed by atoms with Gasteiger partial charge in [0.2, 0.25) is 0 Å². The number of anilines is 1. The zero-order valence-electron chi connectivity index (χ0n) is 11.0. The molecule has 2 N–H and O–H groups in total. The van der Waals surface area contributed by atoms with E-state index in [1.807, 2.05) is 0 Å². The van der Waals surface area contributed by atoms with E-state index >= 15 is 0 Å². The van der Waals surface area contributed by atoms with E-state index in [-0.39, 0.29) is 19.0 Å². The van der Waals surface area contributed by atoms with Crippen LogP contribution >= 0.6 is 27.5 Å². The summed E-state index contributed by atoms with van der Waals surface area (Å²) in [6.07, 6.45) is -0.594. The van der Waals surface area contributed by atoms with Crippen LogP contribution in [0.1, 0.15) is 6.42 Å². The topological polar surface area (TPSA) is 78.9 Å². The number of carboxylic acids is 1. The van der Waals surface area contributed by atoms with Crippen LogP contribution in [0, 0.1) is 0 Å². The molecule has 0 aromatic heterocycles. The van der Waals surface area contributed by atoms with Gasteiger partial charge < -0.3 is 20.1 Å². The second kappa shape index (κ2) is 7.11. The van der Waals surface area contributed by atoms with Crippen molar-refractivity contribution in [2.45, 2.75) is 12.5 Å². The number of nitrogens with zero attached hydrogens (tertiary/aromatic N) is 1. The zero-order valence-corrected chi connectivity index (χ0v) is 13.4. The Kier molecular flexibility index (Phi) is 5.44. The molecule has 1 aliphatic rings. The van der Waals surface area contributed by atoms with Crippen LogP contribution in [0.2, 0.25) is 5.02 Å². The Morgan fingerprint density at radius 3 is 2.95 bits per heavy atom. The van der Waals surface area contributed by atoms with Gasteiger partial charge in [-0.3, -0.25) is 4.79 Å². The smallest absolute Gasteiger partial charge is 0.322 e. The van der Waals surface area contributed by atoms with E-state index in [0.717, 1.165) is 4.47 Å². The fourth-order valence-electron chi connectivity index (χ4n) is 2.00. The number of hydrogen-bond donors (Lipinski definition) is 2. The maximum Gasteiger partial charge on any atom is 0.322 e. The van der Waals surface area contributed by atoms with Crippen molar-refractivity contribution in [3.8, 4) is 0 Å². The molecule has 1 aromatic rings. The molecule has 0 spiro atoms. The van der Waals surface area contributed by atoms with Gasteiger partial charge in [0.1, 0.15) is 0 Å². The fourth-order valence-corrected chi connectivity index (χ4v) is 2.43. The van der Waals surface area contributed by atoms with E-state index in [4.69, 9.17) is 21.4 Å². The number of carbonyl (C=O) groups is 2. The minimum absolute atomic E-state index is 0.117. The highest BCUT2D eigenvalue weighted by atomic mass is 79.9. The van der Waals surface area contributed by atoms with Crippen LogP contribution in [-0.4, -0.2) is 47.8 Å². The van der Waals surface area contributed by atoms with Crippen molar-refractivity contribution >= 4 is 45.2 Å². The molecule has 0 aliphatic carbocycles. The number of carbonyl (C=O) groups excluding carboxylic acids is 1. The van der Waals surface area contributed by atoms with Gasteiger partial charge >= 0.3 is 12.0 Å². The zero-order chi connectivity index (χ0) is 15.4. The summed E-state index contributed by atoms with van der Waals surface area (Å²) < 4.78 is 6.07. The highest BCUT2D eigenvalue weighted by molar-refractivity contribution is 9.10. The van der Waals surface area contributed by atoms with Crippen LogP contribution in [0.3, 0.4) is 0 Å². The Labute approximate surface area is 135 Å². The van der Waals surface area contributed by atoms with Crippen LogP contribution in [0.4, 0.5) is 10.5 Å².